The lowest BCUT2D eigenvalue weighted by Gasteiger charge is -2.30. The molecule has 0 radical (unpaired) electrons. The highest BCUT2D eigenvalue weighted by Crippen LogP contribution is 2.26. The standard InChI is InChI=1S/C26H26N2O5/c1-31-26(30)23-17-21(9-12-24(23)28-13-15-32-16-14-28)27-25(29)20-7-10-22(11-8-20)33-18-19-5-3-2-4-6-19/h2-12,17H,13-16,18H2,1H3,(H,27,29). The number of benzene rings is 3. The molecule has 0 atom stereocenters. The number of esters is 1. The molecule has 1 fully saturated rings. The van der Waals surface area contributed by atoms with Gasteiger partial charge in [-0.05, 0) is 48.0 Å². The van der Waals surface area contributed by atoms with Crippen molar-refractivity contribution in [3.63, 3.8) is 0 Å². The molecule has 0 bridgehead atoms. The van der Waals surface area contributed by atoms with Crippen LogP contribution in [0.3, 0.4) is 0 Å². The smallest absolute Gasteiger partial charge is 0.340 e. The van der Waals surface area contributed by atoms with Crippen molar-refractivity contribution in [3.05, 3.63) is 89.5 Å². The lowest BCUT2D eigenvalue weighted by atomic mass is 10.1. The van der Waals surface area contributed by atoms with Crippen molar-refractivity contribution in [3.8, 4) is 5.75 Å². The SMILES string of the molecule is COC(=O)c1cc(NC(=O)c2ccc(OCc3ccccc3)cc2)ccc1N1CCOCC1. The minimum Gasteiger partial charge on any atom is -0.489 e. The minimum atomic E-state index is -0.451. The molecule has 1 aliphatic heterocycles. The van der Waals surface area contributed by atoms with Crippen LogP contribution in [-0.4, -0.2) is 45.3 Å². The molecule has 4 rings (SSSR count). The van der Waals surface area contributed by atoms with Gasteiger partial charge in [0.2, 0.25) is 0 Å². The molecule has 1 saturated heterocycles. The molecular formula is C26H26N2O5. The van der Waals surface area contributed by atoms with Crippen LogP contribution in [0.4, 0.5) is 11.4 Å². The van der Waals surface area contributed by atoms with E-state index in [-0.39, 0.29) is 5.91 Å². The molecular weight excluding hydrogens is 420 g/mol. The van der Waals surface area contributed by atoms with Gasteiger partial charge in [0.25, 0.3) is 5.91 Å². The number of rotatable bonds is 7. The molecule has 3 aromatic carbocycles. The van der Waals surface area contributed by atoms with Crippen molar-refractivity contribution in [1.82, 2.24) is 0 Å². The summed E-state index contributed by atoms with van der Waals surface area (Å²) in [5, 5.41) is 2.85. The maximum absolute atomic E-state index is 12.7. The van der Waals surface area contributed by atoms with E-state index >= 15 is 0 Å². The zero-order valence-corrected chi connectivity index (χ0v) is 18.5. The highest BCUT2D eigenvalue weighted by atomic mass is 16.5. The van der Waals surface area contributed by atoms with Gasteiger partial charge in [-0.1, -0.05) is 30.3 Å². The third-order valence-corrected chi connectivity index (χ3v) is 5.38. The first-order valence-electron chi connectivity index (χ1n) is 10.8. The molecule has 0 unspecified atom stereocenters. The molecule has 1 N–H and O–H groups in total. The fourth-order valence-corrected chi connectivity index (χ4v) is 3.61. The summed E-state index contributed by atoms with van der Waals surface area (Å²) in [5.41, 5.74) is 3.24. The van der Waals surface area contributed by atoms with E-state index in [4.69, 9.17) is 14.2 Å². The fraction of sp³-hybridized carbons (Fsp3) is 0.231. The summed E-state index contributed by atoms with van der Waals surface area (Å²) < 4.78 is 16.1. The number of carbonyl (C=O) groups is 2. The average Bonchev–Trinajstić information content (AvgIpc) is 2.88. The Kier molecular flexibility index (Phi) is 7.22. The maximum Gasteiger partial charge on any atom is 0.340 e. The van der Waals surface area contributed by atoms with Crippen LogP contribution < -0.4 is 15.0 Å². The second-order valence-electron chi connectivity index (χ2n) is 7.58. The second kappa shape index (κ2) is 10.7. The predicted octanol–water partition coefficient (Wildman–Crippen LogP) is 4.14. The largest absolute Gasteiger partial charge is 0.489 e. The van der Waals surface area contributed by atoms with Gasteiger partial charge in [-0.15, -0.1) is 0 Å². The van der Waals surface area contributed by atoms with Gasteiger partial charge in [-0.3, -0.25) is 4.79 Å². The Balaban J connectivity index is 1.43. The monoisotopic (exact) mass is 446 g/mol. The predicted molar refractivity (Wildman–Crippen MR) is 126 cm³/mol. The van der Waals surface area contributed by atoms with Gasteiger partial charge in [-0.25, -0.2) is 4.79 Å². The van der Waals surface area contributed by atoms with Gasteiger partial charge in [0, 0.05) is 24.3 Å². The first-order chi connectivity index (χ1) is 16.1. The Bertz CT molecular complexity index is 1090. The van der Waals surface area contributed by atoms with Crippen LogP contribution >= 0.6 is 0 Å². The third kappa shape index (κ3) is 5.70. The van der Waals surface area contributed by atoms with E-state index in [9.17, 15) is 9.59 Å². The zero-order valence-electron chi connectivity index (χ0n) is 18.5. The molecule has 0 saturated carbocycles. The molecule has 0 spiro atoms. The molecule has 1 amide bonds. The number of amides is 1. The van der Waals surface area contributed by atoms with E-state index in [2.05, 4.69) is 10.2 Å². The number of anilines is 2. The number of methoxy groups -OCH3 is 1. The van der Waals surface area contributed by atoms with Gasteiger partial charge in [0.1, 0.15) is 12.4 Å². The van der Waals surface area contributed by atoms with Crippen molar-refractivity contribution in [1.29, 1.82) is 0 Å². The average molecular weight is 447 g/mol. The molecule has 1 heterocycles. The number of carbonyl (C=O) groups excluding carboxylic acids is 2. The lowest BCUT2D eigenvalue weighted by molar-refractivity contribution is 0.0600. The van der Waals surface area contributed by atoms with Crippen LogP contribution in [0.15, 0.2) is 72.8 Å². The van der Waals surface area contributed by atoms with E-state index in [0.29, 0.717) is 55.5 Å². The van der Waals surface area contributed by atoms with Crippen molar-refractivity contribution < 1.29 is 23.8 Å². The number of nitrogens with zero attached hydrogens (tertiary/aromatic N) is 1. The van der Waals surface area contributed by atoms with Crippen LogP contribution in [0.5, 0.6) is 5.75 Å². The second-order valence-corrected chi connectivity index (χ2v) is 7.58. The number of hydrogen-bond acceptors (Lipinski definition) is 6. The first kappa shape index (κ1) is 22.4. The third-order valence-electron chi connectivity index (χ3n) is 5.38. The topological polar surface area (TPSA) is 77.1 Å². The van der Waals surface area contributed by atoms with Gasteiger partial charge in [-0.2, -0.15) is 0 Å². The van der Waals surface area contributed by atoms with Crippen molar-refractivity contribution in [2.75, 3.05) is 43.6 Å². The minimum absolute atomic E-state index is 0.278. The Hall–Kier alpha value is -3.84. The summed E-state index contributed by atoms with van der Waals surface area (Å²) in [6.45, 7) is 3.04. The molecule has 170 valence electrons. The summed E-state index contributed by atoms with van der Waals surface area (Å²) in [7, 11) is 1.35. The summed E-state index contributed by atoms with van der Waals surface area (Å²) >= 11 is 0. The summed E-state index contributed by atoms with van der Waals surface area (Å²) in [4.78, 5) is 27.2. The molecule has 1 aliphatic rings. The number of nitrogens with one attached hydrogen (secondary N) is 1. The van der Waals surface area contributed by atoms with Crippen molar-refractivity contribution in [2.24, 2.45) is 0 Å². The molecule has 7 nitrogen and oxygen atoms in total. The summed E-state index contributed by atoms with van der Waals surface area (Å²) in [5.74, 6) is -0.0506. The van der Waals surface area contributed by atoms with Gasteiger partial charge in [0.15, 0.2) is 0 Å². The van der Waals surface area contributed by atoms with Crippen LogP contribution in [0.2, 0.25) is 0 Å². The molecule has 33 heavy (non-hydrogen) atoms. The lowest BCUT2D eigenvalue weighted by Crippen LogP contribution is -2.37. The summed E-state index contributed by atoms with van der Waals surface area (Å²) in [6.07, 6.45) is 0. The van der Waals surface area contributed by atoms with Gasteiger partial charge < -0.3 is 24.4 Å². The van der Waals surface area contributed by atoms with Crippen LogP contribution in [0, 0.1) is 0 Å². The molecule has 7 heteroatoms. The van der Waals surface area contributed by atoms with E-state index < -0.39 is 5.97 Å². The quantitative estimate of drug-likeness (QED) is 0.550. The molecule has 0 aliphatic carbocycles. The van der Waals surface area contributed by atoms with E-state index in [1.165, 1.54) is 7.11 Å². The number of hydrogen-bond donors (Lipinski definition) is 1. The Morgan fingerprint density at radius 3 is 2.39 bits per heavy atom. The van der Waals surface area contributed by atoms with Crippen LogP contribution in [-0.2, 0) is 16.1 Å². The number of morpholine rings is 1. The number of ether oxygens (including phenoxy) is 3. The van der Waals surface area contributed by atoms with E-state index in [1.807, 2.05) is 36.4 Å². The fourth-order valence-electron chi connectivity index (χ4n) is 3.61. The van der Waals surface area contributed by atoms with Gasteiger partial charge >= 0.3 is 5.97 Å². The van der Waals surface area contributed by atoms with Gasteiger partial charge in [0.05, 0.1) is 31.6 Å². The van der Waals surface area contributed by atoms with Crippen LogP contribution in [0.1, 0.15) is 26.3 Å². The highest BCUT2D eigenvalue weighted by Gasteiger charge is 2.20. The van der Waals surface area contributed by atoms with E-state index in [1.54, 1.807) is 36.4 Å². The maximum atomic E-state index is 12.7. The Morgan fingerprint density at radius 2 is 1.70 bits per heavy atom. The zero-order chi connectivity index (χ0) is 23.0. The molecule has 0 aromatic heterocycles. The first-order valence-corrected chi connectivity index (χ1v) is 10.8. The highest BCUT2D eigenvalue weighted by molar-refractivity contribution is 6.05. The van der Waals surface area contributed by atoms with Crippen LogP contribution in [0.25, 0.3) is 0 Å². The van der Waals surface area contributed by atoms with E-state index in [0.717, 1.165) is 11.3 Å². The van der Waals surface area contributed by atoms with Crippen molar-refractivity contribution in [2.45, 2.75) is 6.61 Å². The summed E-state index contributed by atoms with van der Waals surface area (Å²) in [6, 6.07) is 22.1. The Labute approximate surface area is 192 Å². The molecule has 3 aromatic rings. The Morgan fingerprint density at radius 1 is 0.970 bits per heavy atom. The normalized spacial score (nSPS) is 13.3. The van der Waals surface area contributed by atoms with Crippen molar-refractivity contribution >= 4 is 23.3 Å².